The molecule has 13 atom stereocenters. The van der Waals surface area contributed by atoms with E-state index in [1.54, 1.807) is 14.2 Å². The van der Waals surface area contributed by atoms with Gasteiger partial charge in [0.2, 0.25) is 0 Å². The van der Waals surface area contributed by atoms with Crippen molar-refractivity contribution in [3.63, 3.8) is 0 Å². The van der Waals surface area contributed by atoms with Gasteiger partial charge in [-0.25, -0.2) is 0 Å². The van der Waals surface area contributed by atoms with Crippen LogP contribution in [0.4, 0.5) is 0 Å². The summed E-state index contributed by atoms with van der Waals surface area (Å²) < 4.78 is 11.4. The third-order valence-electron chi connectivity index (χ3n) is 11.0. The first-order valence-corrected chi connectivity index (χ1v) is 11.9. The number of methoxy groups -OCH3 is 2. The van der Waals surface area contributed by atoms with Gasteiger partial charge in [0.1, 0.15) is 11.2 Å². The van der Waals surface area contributed by atoms with Crippen molar-refractivity contribution in [2.24, 2.45) is 34.5 Å². The van der Waals surface area contributed by atoms with Crippen LogP contribution >= 0.6 is 0 Å². The molecule has 1 spiro atoms. The summed E-state index contributed by atoms with van der Waals surface area (Å²) in [5.74, 6) is -1.78. The van der Waals surface area contributed by atoms with E-state index in [2.05, 4.69) is 11.8 Å². The number of rotatable bonds is 4. The van der Waals surface area contributed by atoms with E-state index >= 15 is 0 Å². The first kappa shape index (κ1) is 21.2. The van der Waals surface area contributed by atoms with Crippen molar-refractivity contribution in [1.82, 2.24) is 4.90 Å². The molecule has 0 aromatic heterocycles. The number of ether oxygens (including phenoxy) is 2. The predicted octanol–water partition coefficient (Wildman–Crippen LogP) is -1.04. The van der Waals surface area contributed by atoms with Gasteiger partial charge < -0.3 is 35.0 Å². The Morgan fingerprint density at radius 3 is 2.52 bits per heavy atom. The average Bonchev–Trinajstić information content (AvgIpc) is 3.09. The second kappa shape index (κ2) is 6.21. The lowest BCUT2D eigenvalue weighted by atomic mass is 9.42. The molecule has 0 aromatic carbocycles. The summed E-state index contributed by atoms with van der Waals surface area (Å²) in [4.78, 5) is 2.32. The van der Waals surface area contributed by atoms with Crippen molar-refractivity contribution in [2.45, 2.75) is 74.3 Å². The van der Waals surface area contributed by atoms with Crippen LogP contribution in [0.15, 0.2) is 0 Å². The van der Waals surface area contributed by atoms with Crippen LogP contribution in [0.5, 0.6) is 0 Å². The minimum absolute atomic E-state index is 0.185. The summed E-state index contributed by atoms with van der Waals surface area (Å²) in [6, 6.07) is -0.255. The topological polar surface area (TPSA) is 123 Å². The molecule has 8 nitrogen and oxygen atoms in total. The van der Waals surface area contributed by atoms with E-state index in [1.165, 1.54) is 0 Å². The third kappa shape index (κ3) is 1.93. The summed E-state index contributed by atoms with van der Waals surface area (Å²) in [6.45, 7) is 4.02. The van der Waals surface area contributed by atoms with Gasteiger partial charge in [0.05, 0.1) is 31.0 Å². The van der Waals surface area contributed by atoms with Gasteiger partial charge >= 0.3 is 0 Å². The second-order valence-corrected chi connectivity index (χ2v) is 11.5. The molecule has 0 unspecified atom stereocenters. The Labute approximate surface area is 183 Å². The average molecular weight is 440 g/mol. The molecule has 31 heavy (non-hydrogen) atoms. The minimum atomic E-state index is -1.77. The Morgan fingerprint density at radius 1 is 1.13 bits per heavy atom. The van der Waals surface area contributed by atoms with Gasteiger partial charge in [-0.05, 0) is 25.8 Å². The largest absolute Gasteiger partial charge is 0.392 e. The van der Waals surface area contributed by atoms with E-state index in [4.69, 9.17) is 9.47 Å². The van der Waals surface area contributed by atoms with Crippen LogP contribution in [0.3, 0.4) is 0 Å². The molecule has 6 rings (SSSR count). The lowest BCUT2D eigenvalue weighted by molar-refractivity contribution is -0.332. The van der Waals surface area contributed by atoms with Crippen molar-refractivity contribution < 1.29 is 35.0 Å². The van der Waals surface area contributed by atoms with Crippen molar-refractivity contribution in [3.05, 3.63) is 0 Å². The maximum Gasteiger partial charge on any atom is 0.123 e. The maximum absolute atomic E-state index is 12.3. The molecule has 0 aromatic rings. The molecule has 7 bridgehead atoms. The van der Waals surface area contributed by atoms with Crippen LogP contribution in [0.1, 0.15) is 32.6 Å². The zero-order valence-electron chi connectivity index (χ0n) is 18.6. The van der Waals surface area contributed by atoms with Gasteiger partial charge in [-0.15, -0.1) is 0 Å². The van der Waals surface area contributed by atoms with Gasteiger partial charge in [-0.1, -0.05) is 6.92 Å². The number of likely N-dealkylation sites (tertiary alicyclic amines) is 1. The summed E-state index contributed by atoms with van der Waals surface area (Å²) in [6.07, 6.45) is -1.18. The fraction of sp³-hybridized carbons (Fsp3) is 1.00. The quantitative estimate of drug-likeness (QED) is 0.377. The molecule has 176 valence electrons. The molecule has 5 saturated carbocycles. The summed E-state index contributed by atoms with van der Waals surface area (Å²) in [5.41, 5.74) is -4.61. The van der Waals surface area contributed by atoms with Gasteiger partial charge in [0.15, 0.2) is 0 Å². The number of piperidine rings is 1. The first-order valence-electron chi connectivity index (χ1n) is 11.9. The van der Waals surface area contributed by atoms with Crippen LogP contribution in [0.25, 0.3) is 0 Å². The fourth-order valence-electron chi connectivity index (χ4n) is 10.4. The molecular weight excluding hydrogens is 402 g/mol. The SMILES string of the molecule is CCN1C[C@]2(COC)CC[C@H](O)[C@@]34[C@@H]2[C@@H](O)[C@@H]([C@@H]13)[C@@]1(O)C[C@H](OC)[C@H]2C[C@@H]4[C@]1(O)[C@H]2O. The van der Waals surface area contributed by atoms with Gasteiger partial charge in [0.25, 0.3) is 0 Å². The Morgan fingerprint density at radius 2 is 1.87 bits per heavy atom. The Kier molecular flexibility index (Phi) is 4.26. The number of fused-ring (bicyclic) bond motifs is 2. The van der Waals surface area contributed by atoms with Crippen LogP contribution in [0, 0.1) is 34.5 Å². The third-order valence-corrected chi connectivity index (χ3v) is 11.0. The predicted molar refractivity (Wildman–Crippen MR) is 109 cm³/mol. The Hall–Kier alpha value is -0.320. The molecule has 0 amide bonds. The van der Waals surface area contributed by atoms with Crippen LogP contribution < -0.4 is 0 Å². The highest BCUT2D eigenvalue weighted by Crippen LogP contribution is 2.79. The monoisotopic (exact) mass is 439 g/mol. The van der Waals surface area contributed by atoms with Crippen molar-refractivity contribution in [3.8, 4) is 0 Å². The molecule has 8 heteroatoms. The molecule has 1 heterocycles. The Balaban J connectivity index is 1.64. The lowest BCUT2D eigenvalue weighted by Crippen LogP contribution is -2.82. The number of hydrogen-bond donors (Lipinski definition) is 5. The summed E-state index contributed by atoms with van der Waals surface area (Å²) in [5, 5.41) is 59.3. The molecule has 5 aliphatic carbocycles. The van der Waals surface area contributed by atoms with E-state index < -0.39 is 52.9 Å². The standard InChI is InChI=1S/C23H37NO7/c1-4-24-9-20(10-30-2)6-5-14(25)22-13-7-11-12(31-3)8-21(28,23(13,29)19(11)27)15(18(22)24)16(26)17(20)22/h11-19,25-29H,4-10H2,1-3H3/t11-,12+,13+,14+,15+,16+,17-,18-,19+,20+,21+,22+,23+/m1/s1. The van der Waals surface area contributed by atoms with Crippen molar-refractivity contribution in [2.75, 3.05) is 33.9 Å². The van der Waals surface area contributed by atoms with E-state index in [9.17, 15) is 25.5 Å². The smallest absolute Gasteiger partial charge is 0.123 e. The van der Waals surface area contributed by atoms with E-state index in [-0.39, 0.29) is 29.7 Å². The van der Waals surface area contributed by atoms with E-state index in [1.807, 2.05) is 0 Å². The van der Waals surface area contributed by atoms with Crippen molar-refractivity contribution in [1.29, 1.82) is 0 Å². The fourth-order valence-corrected chi connectivity index (χ4v) is 10.4. The van der Waals surface area contributed by atoms with E-state index in [0.29, 0.717) is 19.4 Å². The second-order valence-electron chi connectivity index (χ2n) is 11.5. The number of hydrogen-bond acceptors (Lipinski definition) is 8. The van der Waals surface area contributed by atoms with E-state index in [0.717, 1.165) is 19.5 Å². The molecule has 1 saturated heterocycles. The molecule has 5 N–H and O–H groups in total. The Bertz CT molecular complexity index is 783. The zero-order chi connectivity index (χ0) is 22.1. The maximum atomic E-state index is 12.3. The van der Waals surface area contributed by atoms with Gasteiger partial charge in [-0.2, -0.15) is 0 Å². The zero-order valence-corrected chi connectivity index (χ0v) is 18.6. The minimum Gasteiger partial charge on any atom is -0.392 e. The molecule has 6 aliphatic rings. The summed E-state index contributed by atoms with van der Waals surface area (Å²) >= 11 is 0. The molecule has 0 radical (unpaired) electrons. The van der Waals surface area contributed by atoms with Gasteiger partial charge in [0, 0.05) is 67.7 Å². The highest BCUT2D eigenvalue weighted by molar-refractivity contribution is 5.39. The highest BCUT2D eigenvalue weighted by atomic mass is 16.5. The number of nitrogens with zero attached hydrogens (tertiary/aromatic N) is 1. The highest BCUT2D eigenvalue weighted by Gasteiger charge is 2.90. The van der Waals surface area contributed by atoms with Crippen LogP contribution in [0.2, 0.25) is 0 Å². The molecular formula is C23H37NO7. The molecule has 6 fully saturated rings. The van der Waals surface area contributed by atoms with Gasteiger partial charge in [-0.3, -0.25) is 4.90 Å². The lowest BCUT2D eigenvalue weighted by Gasteiger charge is -2.70. The van der Waals surface area contributed by atoms with Crippen molar-refractivity contribution >= 4 is 0 Å². The number of aliphatic hydroxyl groups is 5. The normalized spacial score (nSPS) is 64.1. The number of aliphatic hydroxyl groups excluding tert-OH is 3. The van der Waals surface area contributed by atoms with Crippen LogP contribution in [-0.2, 0) is 9.47 Å². The first-order chi connectivity index (χ1) is 14.7. The molecule has 1 aliphatic heterocycles. The summed E-state index contributed by atoms with van der Waals surface area (Å²) in [7, 11) is 3.26. The van der Waals surface area contributed by atoms with Crippen LogP contribution in [-0.4, -0.2) is 106 Å².